The molecule has 0 unspecified atom stereocenters. The third-order valence-corrected chi connectivity index (χ3v) is 3.00. The molecule has 1 heterocycles. The molecule has 1 aromatic rings. The summed E-state index contributed by atoms with van der Waals surface area (Å²) >= 11 is 5.66. The lowest BCUT2D eigenvalue weighted by atomic mass is 10.2. The zero-order valence-electron chi connectivity index (χ0n) is 10.8. The number of hydrogen-bond donors (Lipinski definition) is 0. The molecule has 96 valence electrons. The second-order valence-corrected chi connectivity index (χ2v) is 4.67. The van der Waals surface area contributed by atoms with Crippen molar-refractivity contribution in [3.8, 4) is 0 Å². The predicted octanol–water partition coefficient (Wildman–Crippen LogP) is 3.27. The van der Waals surface area contributed by atoms with Gasteiger partial charge in [0.25, 0.3) is 0 Å². The van der Waals surface area contributed by atoms with E-state index in [2.05, 4.69) is 34.9 Å². The molecule has 0 aromatic carbocycles. The van der Waals surface area contributed by atoms with Crippen molar-refractivity contribution in [1.29, 1.82) is 0 Å². The number of rotatable bonds is 8. The van der Waals surface area contributed by atoms with E-state index in [1.54, 1.807) is 6.33 Å². The van der Waals surface area contributed by atoms with Gasteiger partial charge in [0.1, 0.15) is 12.1 Å². The predicted molar refractivity (Wildman–Crippen MR) is 73.9 cm³/mol. The Labute approximate surface area is 109 Å². The summed E-state index contributed by atoms with van der Waals surface area (Å²) in [5.41, 5.74) is 1.13. The van der Waals surface area contributed by atoms with Crippen LogP contribution in [-0.4, -0.2) is 29.4 Å². The summed E-state index contributed by atoms with van der Waals surface area (Å²) in [5.74, 6) is 1.78. The fourth-order valence-corrected chi connectivity index (χ4v) is 1.91. The lowest BCUT2D eigenvalue weighted by molar-refractivity contribution is 0.702. The SMILES string of the molecule is CCCc1cc(N(C)CCCCCCl)ncn1. The highest BCUT2D eigenvalue weighted by Gasteiger charge is 2.03. The largest absolute Gasteiger partial charge is 0.360 e. The number of unbranched alkanes of at least 4 members (excludes halogenated alkanes) is 2. The molecule has 0 aliphatic carbocycles. The van der Waals surface area contributed by atoms with E-state index in [1.165, 1.54) is 6.42 Å². The van der Waals surface area contributed by atoms with Crippen molar-refractivity contribution in [1.82, 2.24) is 9.97 Å². The molecule has 0 bridgehead atoms. The smallest absolute Gasteiger partial charge is 0.131 e. The Balaban J connectivity index is 2.44. The Morgan fingerprint density at radius 2 is 2.06 bits per heavy atom. The van der Waals surface area contributed by atoms with Gasteiger partial charge in [-0.2, -0.15) is 0 Å². The van der Waals surface area contributed by atoms with Gasteiger partial charge in [0.05, 0.1) is 0 Å². The quantitative estimate of drug-likeness (QED) is 0.527. The average Bonchev–Trinajstić information content (AvgIpc) is 2.35. The molecular weight excluding hydrogens is 234 g/mol. The van der Waals surface area contributed by atoms with Crippen LogP contribution < -0.4 is 4.90 Å². The minimum atomic E-state index is 0.762. The molecule has 4 heteroatoms. The molecule has 0 saturated carbocycles. The Morgan fingerprint density at radius 1 is 1.24 bits per heavy atom. The molecule has 3 nitrogen and oxygen atoms in total. The first-order valence-electron chi connectivity index (χ1n) is 6.36. The molecule has 0 spiro atoms. The molecule has 0 atom stereocenters. The Hall–Kier alpha value is -0.830. The minimum absolute atomic E-state index is 0.762. The zero-order valence-corrected chi connectivity index (χ0v) is 11.6. The van der Waals surface area contributed by atoms with Gasteiger partial charge in [-0.15, -0.1) is 11.6 Å². The van der Waals surface area contributed by atoms with Crippen LogP contribution in [0.3, 0.4) is 0 Å². The van der Waals surface area contributed by atoms with Crippen LogP contribution in [0.5, 0.6) is 0 Å². The Kier molecular flexibility index (Phi) is 6.94. The third kappa shape index (κ3) is 5.35. The Bertz CT molecular complexity index is 317. The fraction of sp³-hybridized carbons (Fsp3) is 0.692. The lowest BCUT2D eigenvalue weighted by Crippen LogP contribution is -2.20. The average molecular weight is 256 g/mol. The van der Waals surface area contributed by atoms with Crippen molar-refractivity contribution >= 4 is 17.4 Å². The molecule has 0 radical (unpaired) electrons. The summed E-state index contributed by atoms with van der Waals surface area (Å²) in [5, 5.41) is 0. The molecular formula is C13H22ClN3. The van der Waals surface area contributed by atoms with Gasteiger partial charge in [-0.25, -0.2) is 9.97 Å². The summed E-state index contributed by atoms with van der Waals surface area (Å²) < 4.78 is 0. The second-order valence-electron chi connectivity index (χ2n) is 4.29. The van der Waals surface area contributed by atoms with Gasteiger partial charge >= 0.3 is 0 Å². The van der Waals surface area contributed by atoms with E-state index in [1.807, 2.05) is 0 Å². The summed E-state index contributed by atoms with van der Waals surface area (Å²) in [7, 11) is 2.08. The number of alkyl halides is 1. The first kappa shape index (κ1) is 14.2. The van der Waals surface area contributed by atoms with Crippen molar-refractivity contribution in [3.05, 3.63) is 18.1 Å². The summed E-state index contributed by atoms with van der Waals surface area (Å²) in [6.07, 6.45) is 7.25. The number of halogens is 1. The normalized spacial score (nSPS) is 10.5. The van der Waals surface area contributed by atoms with Gasteiger partial charge in [-0.05, 0) is 19.3 Å². The lowest BCUT2D eigenvalue weighted by Gasteiger charge is -2.18. The van der Waals surface area contributed by atoms with Gasteiger partial charge < -0.3 is 4.90 Å². The molecule has 0 fully saturated rings. The monoisotopic (exact) mass is 255 g/mol. The van der Waals surface area contributed by atoms with Crippen molar-refractivity contribution < 1.29 is 0 Å². The van der Waals surface area contributed by atoms with Crippen LogP contribution in [0.25, 0.3) is 0 Å². The maximum absolute atomic E-state index is 5.66. The molecule has 0 N–H and O–H groups in total. The van der Waals surface area contributed by atoms with Gasteiger partial charge in [-0.3, -0.25) is 0 Å². The van der Waals surface area contributed by atoms with E-state index in [9.17, 15) is 0 Å². The number of nitrogens with zero attached hydrogens (tertiary/aromatic N) is 3. The van der Waals surface area contributed by atoms with Crippen LogP contribution in [0.1, 0.15) is 38.3 Å². The number of hydrogen-bond acceptors (Lipinski definition) is 3. The molecule has 0 saturated heterocycles. The molecule has 0 aliphatic rings. The van der Waals surface area contributed by atoms with Gasteiger partial charge in [-0.1, -0.05) is 19.8 Å². The van der Waals surface area contributed by atoms with E-state index in [0.29, 0.717) is 0 Å². The maximum Gasteiger partial charge on any atom is 0.131 e. The number of aromatic nitrogens is 2. The van der Waals surface area contributed by atoms with Crippen LogP contribution in [0, 0.1) is 0 Å². The summed E-state index contributed by atoms with van der Waals surface area (Å²) in [4.78, 5) is 10.8. The van der Waals surface area contributed by atoms with Gasteiger partial charge in [0, 0.05) is 31.2 Å². The standard InChI is InChI=1S/C13H22ClN3/c1-3-7-12-10-13(16-11-15-12)17(2)9-6-4-5-8-14/h10-11H,3-9H2,1-2H3. The highest BCUT2D eigenvalue weighted by molar-refractivity contribution is 6.17. The van der Waals surface area contributed by atoms with Crippen LogP contribution >= 0.6 is 11.6 Å². The Morgan fingerprint density at radius 3 is 2.76 bits per heavy atom. The highest BCUT2D eigenvalue weighted by Crippen LogP contribution is 2.11. The summed E-state index contributed by atoms with van der Waals surface area (Å²) in [6, 6.07) is 2.09. The van der Waals surface area contributed by atoms with Crippen molar-refractivity contribution in [2.75, 3.05) is 24.4 Å². The maximum atomic E-state index is 5.66. The molecule has 1 aromatic heterocycles. The molecule has 1 rings (SSSR count). The fourth-order valence-electron chi connectivity index (χ4n) is 1.72. The van der Waals surface area contributed by atoms with Crippen molar-refractivity contribution in [2.45, 2.75) is 39.0 Å². The van der Waals surface area contributed by atoms with E-state index >= 15 is 0 Å². The number of aryl methyl sites for hydroxylation is 1. The van der Waals surface area contributed by atoms with E-state index in [0.717, 1.165) is 49.6 Å². The zero-order chi connectivity index (χ0) is 12.5. The minimum Gasteiger partial charge on any atom is -0.360 e. The van der Waals surface area contributed by atoms with Crippen molar-refractivity contribution in [2.24, 2.45) is 0 Å². The van der Waals surface area contributed by atoms with Gasteiger partial charge in [0.2, 0.25) is 0 Å². The van der Waals surface area contributed by atoms with Gasteiger partial charge in [0.15, 0.2) is 0 Å². The molecule has 17 heavy (non-hydrogen) atoms. The van der Waals surface area contributed by atoms with E-state index in [4.69, 9.17) is 11.6 Å². The summed E-state index contributed by atoms with van der Waals surface area (Å²) in [6.45, 7) is 3.19. The van der Waals surface area contributed by atoms with Crippen LogP contribution in [-0.2, 0) is 6.42 Å². The topological polar surface area (TPSA) is 29.0 Å². The van der Waals surface area contributed by atoms with E-state index < -0.39 is 0 Å². The van der Waals surface area contributed by atoms with Crippen molar-refractivity contribution in [3.63, 3.8) is 0 Å². The van der Waals surface area contributed by atoms with Crippen LogP contribution in [0.15, 0.2) is 12.4 Å². The first-order valence-corrected chi connectivity index (χ1v) is 6.89. The first-order chi connectivity index (χ1) is 8.27. The third-order valence-electron chi connectivity index (χ3n) is 2.73. The van der Waals surface area contributed by atoms with E-state index in [-0.39, 0.29) is 0 Å². The molecule has 0 aliphatic heterocycles. The number of anilines is 1. The highest BCUT2D eigenvalue weighted by atomic mass is 35.5. The van der Waals surface area contributed by atoms with Crippen LogP contribution in [0.2, 0.25) is 0 Å². The van der Waals surface area contributed by atoms with Crippen LogP contribution in [0.4, 0.5) is 5.82 Å². The second kappa shape index (κ2) is 8.29. The molecule has 0 amide bonds.